The third-order valence-electron chi connectivity index (χ3n) is 3.20. The first kappa shape index (κ1) is 17.9. The van der Waals surface area contributed by atoms with Crippen molar-refractivity contribution in [1.29, 1.82) is 0 Å². The minimum atomic E-state index is -0.954. The molecule has 0 heterocycles. The van der Waals surface area contributed by atoms with Gasteiger partial charge in [0.2, 0.25) is 0 Å². The molecule has 0 fully saturated rings. The normalized spacial score (nSPS) is 10.0. The number of nitrogens with zero attached hydrogens (tertiary/aromatic N) is 1. The molecule has 2 rings (SSSR count). The molecule has 2 aromatic carbocycles. The molecule has 130 valence electrons. The van der Waals surface area contributed by atoms with E-state index in [1.807, 2.05) is 0 Å². The van der Waals surface area contributed by atoms with E-state index >= 15 is 0 Å². The highest BCUT2D eigenvalue weighted by atomic mass is 19.1. The van der Waals surface area contributed by atoms with Crippen LogP contribution in [0.3, 0.4) is 0 Å². The molecule has 1 N–H and O–H groups in total. The van der Waals surface area contributed by atoms with Gasteiger partial charge in [-0.25, -0.2) is 14.0 Å². The number of rotatable bonds is 4. The third-order valence-corrected chi connectivity index (χ3v) is 3.20. The van der Waals surface area contributed by atoms with Crippen molar-refractivity contribution in [3.05, 3.63) is 63.5 Å². The van der Waals surface area contributed by atoms with E-state index in [0.29, 0.717) is 0 Å². The van der Waals surface area contributed by atoms with Crippen molar-refractivity contribution in [2.45, 2.75) is 6.92 Å². The minimum absolute atomic E-state index is 0.0117. The Balaban J connectivity index is 2.18. The highest BCUT2D eigenvalue weighted by Gasteiger charge is 2.18. The van der Waals surface area contributed by atoms with Gasteiger partial charge < -0.3 is 9.47 Å². The molecule has 0 aromatic heterocycles. The van der Waals surface area contributed by atoms with E-state index in [0.717, 1.165) is 13.2 Å². The second kappa shape index (κ2) is 7.39. The monoisotopic (exact) mass is 348 g/mol. The summed E-state index contributed by atoms with van der Waals surface area (Å²) in [5.74, 6) is -1.40. The van der Waals surface area contributed by atoms with Gasteiger partial charge in [0, 0.05) is 12.1 Å². The fraction of sp³-hybridized carbons (Fsp3) is 0.125. The average molecular weight is 348 g/mol. The topological polar surface area (TPSA) is 108 Å². The van der Waals surface area contributed by atoms with Crippen molar-refractivity contribution in [2.24, 2.45) is 0 Å². The number of anilines is 1. The van der Waals surface area contributed by atoms with Gasteiger partial charge in [-0.3, -0.25) is 15.4 Å². The van der Waals surface area contributed by atoms with E-state index in [9.17, 15) is 24.1 Å². The summed E-state index contributed by atoms with van der Waals surface area (Å²) in [5, 5.41) is 12.9. The zero-order valence-corrected chi connectivity index (χ0v) is 13.2. The van der Waals surface area contributed by atoms with Gasteiger partial charge in [-0.15, -0.1) is 0 Å². The van der Waals surface area contributed by atoms with Gasteiger partial charge in [0.25, 0.3) is 5.69 Å². The van der Waals surface area contributed by atoms with Crippen molar-refractivity contribution < 1.29 is 28.4 Å². The molecule has 8 nitrogen and oxygen atoms in total. The molecule has 0 spiro atoms. The van der Waals surface area contributed by atoms with Crippen LogP contribution in [0.2, 0.25) is 0 Å². The quantitative estimate of drug-likeness (QED) is 0.515. The van der Waals surface area contributed by atoms with Crippen molar-refractivity contribution in [3.63, 3.8) is 0 Å². The zero-order valence-electron chi connectivity index (χ0n) is 13.2. The van der Waals surface area contributed by atoms with E-state index < -0.39 is 22.8 Å². The molecule has 9 heteroatoms. The number of hydrogen-bond donors (Lipinski definition) is 1. The van der Waals surface area contributed by atoms with Crippen LogP contribution in [0, 0.1) is 22.9 Å². The lowest BCUT2D eigenvalue weighted by Crippen LogP contribution is -2.19. The Morgan fingerprint density at radius 2 is 1.84 bits per heavy atom. The number of nitro groups is 1. The number of benzene rings is 2. The number of carbonyl (C=O) groups excluding carboxylic acids is 2. The smallest absolute Gasteiger partial charge is 0.417 e. The van der Waals surface area contributed by atoms with Crippen LogP contribution in [0.15, 0.2) is 36.4 Å². The fourth-order valence-electron chi connectivity index (χ4n) is 1.94. The van der Waals surface area contributed by atoms with Crippen LogP contribution in [0.1, 0.15) is 15.9 Å². The average Bonchev–Trinajstić information content (AvgIpc) is 2.57. The number of hydrogen-bond acceptors (Lipinski definition) is 6. The second-order valence-electron chi connectivity index (χ2n) is 4.90. The van der Waals surface area contributed by atoms with E-state index in [1.165, 1.54) is 37.3 Å². The van der Waals surface area contributed by atoms with Crippen LogP contribution in [0.4, 0.5) is 20.6 Å². The molecule has 0 aliphatic rings. The molecule has 0 aliphatic heterocycles. The molecule has 0 bridgehead atoms. The number of carbonyl (C=O) groups is 2. The molecule has 0 saturated heterocycles. The SMILES string of the molecule is COC(=O)c1cc(F)c(C)cc1NC(=O)Oc1ccc([N+](=O)[O-])cc1. The van der Waals surface area contributed by atoms with E-state index in [-0.39, 0.29) is 28.3 Å². The largest absolute Gasteiger partial charge is 0.465 e. The number of ether oxygens (including phenoxy) is 2. The molecule has 0 unspecified atom stereocenters. The van der Waals surface area contributed by atoms with E-state index in [4.69, 9.17) is 4.74 Å². The van der Waals surface area contributed by atoms with Crippen LogP contribution in [-0.4, -0.2) is 24.1 Å². The number of nitro benzene ring substituents is 1. The molecular formula is C16H13FN2O6. The molecule has 25 heavy (non-hydrogen) atoms. The number of methoxy groups -OCH3 is 1. The van der Waals surface area contributed by atoms with Crippen LogP contribution >= 0.6 is 0 Å². The molecule has 2 aromatic rings. The Bertz CT molecular complexity index is 835. The number of halogens is 1. The zero-order chi connectivity index (χ0) is 18.6. The lowest BCUT2D eigenvalue weighted by Gasteiger charge is -2.11. The van der Waals surface area contributed by atoms with Crippen molar-refractivity contribution in [1.82, 2.24) is 0 Å². The Kier molecular flexibility index (Phi) is 5.28. The van der Waals surface area contributed by atoms with E-state index in [1.54, 1.807) is 0 Å². The molecular weight excluding hydrogens is 335 g/mol. The van der Waals surface area contributed by atoms with Crippen LogP contribution in [0.25, 0.3) is 0 Å². The maximum atomic E-state index is 13.6. The summed E-state index contributed by atoms with van der Waals surface area (Å²) in [6.45, 7) is 1.46. The van der Waals surface area contributed by atoms with Gasteiger partial charge in [0.1, 0.15) is 11.6 Å². The molecule has 0 radical (unpaired) electrons. The first-order chi connectivity index (χ1) is 11.8. The Hall–Kier alpha value is -3.49. The number of non-ortho nitro benzene ring substituents is 1. The Labute approximate surface area is 141 Å². The van der Waals surface area contributed by atoms with Crippen LogP contribution in [-0.2, 0) is 4.74 Å². The van der Waals surface area contributed by atoms with Gasteiger partial charge in [0.15, 0.2) is 0 Å². The number of nitrogens with one attached hydrogen (secondary N) is 1. The molecule has 1 amide bonds. The van der Waals surface area contributed by atoms with Gasteiger partial charge in [0.05, 0.1) is 23.3 Å². The Morgan fingerprint density at radius 3 is 2.40 bits per heavy atom. The van der Waals surface area contributed by atoms with Crippen LogP contribution < -0.4 is 10.1 Å². The van der Waals surface area contributed by atoms with Gasteiger partial charge in [-0.05, 0) is 36.8 Å². The standard InChI is InChI=1S/C16H13FN2O6/c1-9-7-14(12(8-13(9)17)15(20)24-2)18-16(21)25-11-5-3-10(4-6-11)19(22)23/h3-8H,1-2H3,(H,18,21). The predicted octanol–water partition coefficient (Wildman–Crippen LogP) is 3.44. The predicted molar refractivity (Wildman–Crippen MR) is 85.2 cm³/mol. The number of esters is 1. The first-order valence-corrected chi connectivity index (χ1v) is 6.93. The van der Waals surface area contributed by atoms with Crippen LogP contribution in [0.5, 0.6) is 5.75 Å². The molecule has 0 atom stereocenters. The summed E-state index contributed by atoms with van der Waals surface area (Å²) in [4.78, 5) is 33.6. The number of amides is 1. The first-order valence-electron chi connectivity index (χ1n) is 6.93. The summed E-state index contributed by atoms with van der Waals surface area (Å²) in [5.41, 5.74) is -0.114. The maximum absolute atomic E-state index is 13.6. The molecule has 0 saturated carbocycles. The summed E-state index contributed by atoms with van der Waals surface area (Å²) in [6.07, 6.45) is -0.954. The molecule has 0 aliphatic carbocycles. The second-order valence-corrected chi connectivity index (χ2v) is 4.90. The number of aryl methyl sites for hydroxylation is 1. The minimum Gasteiger partial charge on any atom is -0.465 e. The van der Waals surface area contributed by atoms with Crippen molar-refractivity contribution in [3.8, 4) is 5.75 Å². The van der Waals surface area contributed by atoms with E-state index in [2.05, 4.69) is 10.1 Å². The van der Waals surface area contributed by atoms with Crippen molar-refractivity contribution in [2.75, 3.05) is 12.4 Å². The summed E-state index contributed by atoms with van der Waals surface area (Å²) in [6, 6.07) is 7.04. The maximum Gasteiger partial charge on any atom is 0.417 e. The van der Waals surface area contributed by atoms with Gasteiger partial charge in [-0.2, -0.15) is 0 Å². The fourth-order valence-corrected chi connectivity index (χ4v) is 1.94. The van der Waals surface area contributed by atoms with Crippen molar-refractivity contribution >= 4 is 23.4 Å². The highest BCUT2D eigenvalue weighted by Crippen LogP contribution is 2.23. The summed E-state index contributed by atoms with van der Waals surface area (Å²) >= 11 is 0. The lowest BCUT2D eigenvalue weighted by molar-refractivity contribution is -0.384. The Morgan fingerprint density at radius 1 is 1.20 bits per heavy atom. The van der Waals surface area contributed by atoms with Gasteiger partial charge >= 0.3 is 12.1 Å². The summed E-state index contributed by atoms with van der Waals surface area (Å²) < 4.78 is 23.2. The third kappa shape index (κ3) is 4.28. The summed E-state index contributed by atoms with van der Waals surface area (Å²) in [7, 11) is 1.12. The lowest BCUT2D eigenvalue weighted by atomic mass is 10.1. The van der Waals surface area contributed by atoms with Gasteiger partial charge in [-0.1, -0.05) is 0 Å². The highest BCUT2D eigenvalue weighted by molar-refractivity contribution is 6.00.